The Bertz CT molecular complexity index is 644. The van der Waals surface area contributed by atoms with Crippen LogP contribution in [0.2, 0.25) is 0 Å². The molecular formula is C17H22N4O3. The number of hydrogen-bond donors (Lipinski definition) is 1. The number of fused-ring (bicyclic) bond motifs is 1. The fourth-order valence-corrected chi connectivity index (χ4v) is 3.74. The SMILES string of the molecule is O=C1CO[C@@H]2CCN(C(=O)c3ccnc(N4CCCC4)c3)C[C@@H]2N1. The van der Waals surface area contributed by atoms with Gasteiger partial charge in [0.2, 0.25) is 5.91 Å². The number of nitrogens with zero attached hydrogens (tertiary/aromatic N) is 3. The quantitative estimate of drug-likeness (QED) is 0.850. The summed E-state index contributed by atoms with van der Waals surface area (Å²) in [5.74, 6) is 0.768. The van der Waals surface area contributed by atoms with Crippen LogP contribution in [0.25, 0.3) is 0 Å². The molecule has 7 nitrogen and oxygen atoms in total. The van der Waals surface area contributed by atoms with E-state index in [4.69, 9.17) is 4.74 Å². The van der Waals surface area contributed by atoms with Gasteiger partial charge in [0.05, 0.1) is 12.1 Å². The van der Waals surface area contributed by atoms with Gasteiger partial charge >= 0.3 is 0 Å². The third-order valence-electron chi connectivity index (χ3n) is 5.03. The maximum atomic E-state index is 12.8. The summed E-state index contributed by atoms with van der Waals surface area (Å²) in [5, 5.41) is 2.93. The monoisotopic (exact) mass is 330 g/mol. The number of nitrogens with one attached hydrogen (secondary N) is 1. The van der Waals surface area contributed by atoms with Crippen LogP contribution in [-0.2, 0) is 9.53 Å². The van der Waals surface area contributed by atoms with E-state index in [0.717, 1.165) is 25.3 Å². The van der Waals surface area contributed by atoms with Crippen molar-refractivity contribution in [2.75, 3.05) is 37.7 Å². The number of ether oxygens (including phenoxy) is 1. The largest absolute Gasteiger partial charge is 0.366 e. The zero-order valence-electron chi connectivity index (χ0n) is 13.6. The average molecular weight is 330 g/mol. The summed E-state index contributed by atoms with van der Waals surface area (Å²) in [6.45, 7) is 3.27. The highest BCUT2D eigenvalue weighted by Crippen LogP contribution is 2.22. The van der Waals surface area contributed by atoms with Gasteiger partial charge in [-0.1, -0.05) is 0 Å². The number of pyridine rings is 1. The summed E-state index contributed by atoms with van der Waals surface area (Å²) in [7, 11) is 0. The lowest BCUT2D eigenvalue weighted by atomic mass is 10.00. The van der Waals surface area contributed by atoms with Crippen molar-refractivity contribution in [3.05, 3.63) is 23.9 Å². The predicted molar refractivity (Wildman–Crippen MR) is 87.9 cm³/mol. The molecule has 1 aromatic rings. The van der Waals surface area contributed by atoms with E-state index in [-0.39, 0.29) is 30.6 Å². The second-order valence-corrected chi connectivity index (χ2v) is 6.66. The summed E-state index contributed by atoms with van der Waals surface area (Å²) in [4.78, 5) is 32.8. The van der Waals surface area contributed by atoms with Crippen LogP contribution in [0, 0.1) is 0 Å². The zero-order chi connectivity index (χ0) is 16.5. The molecule has 3 fully saturated rings. The number of carbonyl (C=O) groups is 2. The Labute approximate surface area is 141 Å². The van der Waals surface area contributed by atoms with E-state index in [9.17, 15) is 9.59 Å². The van der Waals surface area contributed by atoms with Crippen LogP contribution in [0.15, 0.2) is 18.3 Å². The predicted octanol–water partition coefficient (Wildman–Crippen LogP) is 0.411. The molecule has 0 unspecified atom stereocenters. The van der Waals surface area contributed by atoms with Crippen molar-refractivity contribution >= 4 is 17.6 Å². The van der Waals surface area contributed by atoms with Crippen molar-refractivity contribution in [3.63, 3.8) is 0 Å². The van der Waals surface area contributed by atoms with Gasteiger partial charge < -0.3 is 19.9 Å². The van der Waals surface area contributed by atoms with Gasteiger partial charge in [0.1, 0.15) is 12.4 Å². The van der Waals surface area contributed by atoms with E-state index in [2.05, 4.69) is 15.2 Å². The lowest BCUT2D eigenvalue weighted by Crippen LogP contribution is -2.61. The lowest BCUT2D eigenvalue weighted by molar-refractivity contribution is -0.139. The molecule has 24 heavy (non-hydrogen) atoms. The van der Waals surface area contributed by atoms with Crippen LogP contribution >= 0.6 is 0 Å². The molecule has 1 N–H and O–H groups in total. The minimum absolute atomic E-state index is 0.00359. The number of amides is 2. The molecule has 7 heteroatoms. The molecule has 2 atom stereocenters. The molecule has 4 heterocycles. The third kappa shape index (κ3) is 2.96. The van der Waals surface area contributed by atoms with Crippen molar-refractivity contribution in [2.24, 2.45) is 0 Å². The highest BCUT2D eigenvalue weighted by molar-refractivity contribution is 5.95. The number of aromatic nitrogens is 1. The second kappa shape index (κ2) is 6.39. The van der Waals surface area contributed by atoms with Crippen molar-refractivity contribution in [3.8, 4) is 0 Å². The van der Waals surface area contributed by atoms with Gasteiger partial charge in [0, 0.05) is 37.9 Å². The molecule has 1 aromatic heterocycles. The fraction of sp³-hybridized carbons (Fsp3) is 0.588. The Kier molecular flexibility index (Phi) is 4.10. The number of piperidine rings is 1. The smallest absolute Gasteiger partial charge is 0.254 e. The topological polar surface area (TPSA) is 74.8 Å². The second-order valence-electron chi connectivity index (χ2n) is 6.66. The van der Waals surface area contributed by atoms with Crippen molar-refractivity contribution in [2.45, 2.75) is 31.4 Å². The van der Waals surface area contributed by atoms with Crippen LogP contribution in [0.5, 0.6) is 0 Å². The average Bonchev–Trinajstić information content (AvgIpc) is 3.15. The molecule has 128 valence electrons. The number of carbonyl (C=O) groups excluding carboxylic acids is 2. The molecule has 3 aliphatic heterocycles. The van der Waals surface area contributed by atoms with Crippen molar-refractivity contribution < 1.29 is 14.3 Å². The van der Waals surface area contributed by atoms with Crippen molar-refractivity contribution in [1.82, 2.24) is 15.2 Å². The molecule has 0 saturated carbocycles. The molecule has 3 aliphatic rings. The van der Waals surface area contributed by atoms with Gasteiger partial charge in [0.25, 0.3) is 5.91 Å². The number of anilines is 1. The maximum absolute atomic E-state index is 12.8. The lowest BCUT2D eigenvalue weighted by Gasteiger charge is -2.41. The first-order chi connectivity index (χ1) is 11.7. The molecule has 0 aliphatic carbocycles. The summed E-state index contributed by atoms with van der Waals surface area (Å²) < 4.78 is 5.55. The van der Waals surface area contributed by atoms with Crippen LogP contribution in [-0.4, -0.2) is 66.6 Å². The number of likely N-dealkylation sites (tertiary alicyclic amines) is 1. The number of morpholine rings is 1. The molecule has 0 aromatic carbocycles. The van der Waals surface area contributed by atoms with Gasteiger partial charge in [-0.25, -0.2) is 4.98 Å². The number of rotatable bonds is 2. The van der Waals surface area contributed by atoms with Gasteiger partial charge in [-0.15, -0.1) is 0 Å². The molecule has 0 bridgehead atoms. The molecular weight excluding hydrogens is 308 g/mol. The standard InChI is InChI=1S/C17H22N4O3/c22-16-11-24-14-4-8-21(10-13(14)19-16)17(23)12-3-5-18-15(9-12)20-6-1-2-7-20/h3,5,9,13-14H,1-2,4,6-8,10-11H2,(H,19,22)/t13-,14+/m0/s1. The first kappa shape index (κ1) is 15.4. The van der Waals surface area contributed by atoms with Crippen molar-refractivity contribution in [1.29, 1.82) is 0 Å². The summed E-state index contributed by atoms with van der Waals surface area (Å²) in [6, 6.07) is 3.54. The Morgan fingerprint density at radius 3 is 2.96 bits per heavy atom. The Hall–Kier alpha value is -2.15. The van der Waals surface area contributed by atoms with E-state index in [1.807, 2.05) is 6.07 Å². The van der Waals surface area contributed by atoms with Crippen LogP contribution < -0.4 is 10.2 Å². The zero-order valence-corrected chi connectivity index (χ0v) is 13.6. The van der Waals surface area contributed by atoms with Gasteiger partial charge in [-0.05, 0) is 31.4 Å². The van der Waals surface area contributed by atoms with E-state index >= 15 is 0 Å². The molecule has 2 amide bonds. The minimum Gasteiger partial charge on any atom is -0.366 e. The number of hydrogen-bond acceptors (Lipinski definition) is 5. The summed E-state index contributed by atoms with van der Waals surface area (Å²) in [5.41, 5.74) is 0.661. The maximum Gasteiger partial charge on any atom is 0.254 e. The third-order valence-corrected chi connectivity index (χ3v) is 5.03. The van der Waals surface area contributed by atoms with Gasteiger partial charge in [0.15, 0.2) is 0 Å². The van der Waals surface area contributed by atoms with E-state index in [1.165, 1.54) is 12.8 Å². The fourth-order valence-electron chi connectivity index (χ4n) is 3.74. The normalized spacial score (nSPS) is 26.9. The molecule has 3 saturated heterocycles. The summed E-state index contributed by atoms with van der Waals surface area (Å²) >= 11 is 0. The van der Waals surface area contributed by atoms with Crippen LogP contribution in [0.3, 0.4) is 0 Å². The van der Waals surface area contributed by atoms with Gasteiger partial charge in [-0.2, -0.15) is 0 Å². The molecule has 0 radical (unpaired) electrons. The van der Waals surface area contributed by atoms with Crippen LogP contribution in [0.4, 0.5) is 5.82 Å². The van der Waals surface area contributed by atoms with E-state index < -0.39 is 0 Å². The highest BCUT2D eigenvalue weighted by Gasteiger charge is 2.36. The minimum atomic E-state index is -0.108. The van der Waals surface area contributed by atoms with Crippen LogP contribution in [0.1, 0.15) is 29.6 Å². The van der Waals surface area contributed by atoms with E-state index in [0.29, 0.717) is 18.7 Å². The van der Waals surface area contributed by atoms with E-state index in [1.54, 1.807) is 17.2 Å². The first-order valence-electron chi connectivity index (χ1n) is 8.62. The first-order valence-corrected chi connectivity index (χ1v) is 8.62. The van der Waals surface area contributed by atoms with Gasteiger partial charge in [-0.3, -0.25) is 9.59 Å². The Morgan fingerprint density at radius 2 is 2.12 bits per heavy atom. The molecule has 4 rings (SSSR count). The highest BCUT2D eigenvalue weighted by atomic mass is 16.5. The Morgan fingerprint density at radius 1 is 1.29 bits per heavy atom. The Balaban J connectivity index is 1.47. The molecule has 0 spiro atoms. The summed E-state index contributed by atoms with van der Waals surface area (Å²) in [6.07, 6.45) is 4.83.